The molecule has 2 N–H and O–H groups in total. The summed E-state index contributed by atoms with van der Waals surface area (Å²) >= 11 is 0. The first-order chi connectivity index (χ1) is 11.2. The van der Waals surface area contributed by atoms with Crippen LogP contribution in [0.5, 0.6) is 5.75 Å². The SMILES string of the molecule is CCCCCNC(=O)Nc1ccc(N2CCCC2=O)c(OC)c1. The highest BCUT2D eigenvalue weighted by Gasteiger charge is 2.24. The number of hydrogen-bond donors (Lipinski definition) is 2. The van der Waals surface area contributed by atoms with Crippen molar-refractivity contribution >= 4 is 23.3 Å². The molecular formula is C17H25N3O3. The van der Waals surface area contributed by atoms with Crippen molar-refractivity contribution in [3.05, 3.63) is 18.2 Å². The van der Waals surface area contributed by atoms with Crippen LogP contribution >= 0.6 is 0 Å². The second-order valence-corrected chi connectivity index (χ2v) is 5.62. The summed E-state index contributed by atoms with van der Waals surface area (Å²) in [6.07, 6.45) is 4.64. The van der Waals surface area contributed by atoms with Gasteiger partial charge in [-0.25, -0.2) is 4.79 Å². The average Bonchev–Trinajstić information content (AvgIpc) is 2.97. The maximum atomic E-state index is 11.9. The monoisotopic (exact) mass is 319 g/mol. The topological polar surface area (TPSA) is 70.7 Å². The number of urea groups is 1. The lowest BCUT2D eigenvalue weighted by Crippen LogP contribution is -2.29. The van der Waals surface area contributed by atoms with Gasteiger partial charge in [0.1, 0.15) is 5.75 Å². The van der Waals surface area contributed by atoms with Crippen molar-refractivity contribution in [3.63, 3.8) is 0 Å². The molecule has 1 aromatic carbocycles. The summed E-state index contributed by atoms with van der Waals surface area (Å²) in [5, 5.41) is 5.61. The molecule has 0 atom stereocenters. The third-order valence-corrected chi connectivity index (χ3v) is 3.87. The molecule has 1 heterocycles. The van der Waals surface area contributed by atoms with Crippen LogP contribution in [0.4, 0.5) is 16.2 Å². The third kappa shape index (κ3) is 4.61. The van der Waals surface area contributed by atoms with Gasteiger partial charge in [0.05, 0.1) is 12.8 Å². The van der Waals surface area contributed by atoms with E-state index in [0.717, 1.165) is 31.4 Å². The molecule has 0 aromatic heterocycles. The molecule has 6 nitrogen and oxygen atoms in total. The molecule has 126 valence electrons. The Balaban J connectivity index is 1.98. The average molecular weight is 319 g/mol. The summed E-state index contributed by atoms with van der Waals surface area (Å²) in [6.45, 7) is 3.50. The van der Waals surface area contributed by atoms with Crippen LogP contribution in [0, 0.1) is 0 Å². The molecule has 0 spiro atoms. The number of rotatable bonds is 7. The highest BCUT2D eigenvalue weighted by Crippen LogP contribution is 2.33. The molecule has 1 fully saturated rings. The van der Waals surface area contributed by atoms with Gasteiger partial charge in [-0.2, -0.15) is 0 Å². The molecular weight excluding hydrogens is 294 g/mol. The number of carbonyl (C=O) groups is 2. The minimum atomic E-state index is -0.229. The van der Waals surface area contributed by atoms with E-state index in [1.807, 2.05) is 6.07 Å². The number of methoxy groups -OCH3 is 1. The molecule has 1 saturated heterocycles. The fourth-order valence-electron chi connectivity index (χ4n) is 2.63. The van der Waals surface area contributed by atoms with E-state index < -0.39 is 0 Å². The minimum absolute atomic E-state index is 0.109. The number of amides is 3. The fourth-order valence-corrected chi connectivity index (χ4v) is 2.63. The molecule has 0 saturated carbocycles. The largest absolute Gasteiger partial charge is 0.494 e. The van der Waals surface area contributed by atoms with Crippen LogP contribution in [0.25, 0.3) is 0 Å². The van der Waals surface area contributed by atoms with E-state index in [-0.39, 0.29) is 11.9 Å². The quantitative estimate of drug-likeness (QED) is 0.759. The predicted octanol–water partition coefficient (Wildman–Crippen LogP) is 3.13. The molecule has 0 unspecified atom stereocenters. The Hall–Kier alpha value is -2.24. The first kappa shape index (κ1) is 17.1. The van der Waals surface area contributed by atoms with E-state index in [9.17, 15) is 9.59 Å². The zero-order valence-corrected chi connectivity index (χ0v) is 13.9. The zero-order chi connectivity index (χ0) is 16.7. The number of anilines is 2. The van der Waals surface area contributed by atoms with Crippen LogP contribution in [0.3, 0.4) is 0 Å². The van der Waals surface area contributed by atoms with Gasteiger partial charge in [0.25, 0.3) is 0 Å². The maximum absolute atomic E-state index is 11.9. The third-order valence-electron chi connectivity index (χ3n) is 3.87. The van der Waals surface area contributed by atoms with E-state index in [1.165, 1.54) is 0 Å². The minimum Gasteiger partial charge on any atom is -0.494 e. The summed E-state index contributed by atoms with van der Waals surface area (Å²) in [4.78, 5) is 25.4. The fraction of sp³-hybridized carbons (Fsp3) is 0.529. The van der Waals surface area contributed by atoms with E-state index in [2.05, 4.69) is 17.6 Å². The number of carbonyl (C=O) groups excluding carboxylic acids is 2. The summed E-state index contributed by atoms with van der Waals surface area (Å²) < 4.78 is 5.38. The number of unbranched alkanes of at least 4 members (excludes halogenated alkanes) is 2. The van der Waals surface area contributed by atoms with Crippen LogP contribution in [0.1, 0.15) is 39.0 Å². The highest BCUT2D eigenvalue weighted by molar-refractivity contribution is 5.97. The van der Waals surface area contributed by atoms with Gasteiger partial charge in [-0.05, 0) is 25.0 Å². The van der Waals surface area contributed by atoms with Crippen LogP contribution in [-0.4, -0.2) is 32.1 Å². The number of hydrogen-bond acceptors (Lipinski definition) is 3. The first-order valence-electron chi connectivity index (χ1n) is 8.19. The van der Waals surface area contributed by atoms with Gasteiger partial charge in [-0.3, -0.25) is 4.79 Å². The second kappa shape index (κ2) is 8.41. The molecule has 0 aliphatic carbocycles. The van der Waals surface area contributed by atoms with Crippen LogP contribution < -0.4 is 20.3 Å². The van der Waals surface area contributed by atoms with Gasteiger partial charge in [0.2, 0.25) is 5.91 Å². The Labute approximate surface area is 137 Å². The van der Waals surface area contributed by atoms with Gasteiger partial charge >= 0.3 is 6.03 Å². The summed E-state index contributed by atoms with van der Waals surface area (Å²) in [5.74, 6) is 0.696. The molecule has 2 rings (SSSR count). The van der Waals surface area contributed by atoms with E-state index in [1.54, 1.807) is 24.1 Å². The van der Waals surface area contributed by atoms with Crippen molar-refractivity contribution in [2.75, 3.05) is 30.4 Å². The number of nitrogens with zero attached hydrogens (tertiary/aromatic N) is 1. The van der Waals surface area contributed by atoms with Crippen molar-refractivity contribution in [2.24, 2.45) is 0 Å². The van der Waals surface area contributed by atoms with Gasteiger partial charge < -0.3 is 20.3 Å². The molecule has 1 aromatic rings. The lowest BCUT2D eigenvalue weighted by atomic mass is 10.2. The van der Waals surface area contributed by atoms with E-state index in [4.69, 9.17) is 4.74 Å². The molecule has 0 bridgehead atoms. The lowest BCUT2D eigenvalue weighted by Gasteiger charge is -2.19. The van der Waals surface area contributed by atoms with Crippen LogP contribution in [-0.2, 0) is 4.79 Å². The normalized spacial score (nSPS) is 14.0. The van der Waals surface area contributed by atoms with Crippen molar-refractivity contribution < 1.29 is 14.3 Å². The standard InChI is InChI=1S/C17H25N3O3/c1-3-4-5-10-18-17(22)19-13-8-9-14(15(12-13)23-2)20-11-6-7-16(20)21/h8-9,12H,3-7,10-11H2,1-2H3,(H2,18,19,22). The molecule has 1 aliphatic rings. The smallest absolute Gasteiger partial charge is 0.319 e. The number of nitrogens with one attached hydrogen (secondary N) is 2. The molecule has 0 radical (unpaired) electrons. The van der Waals surface area contributed by atoms with Crippen LogP contribution in [0.15, 0.2) is 18.2 Å². The predicted molar refractivity (Wildman–Crippen MR) is 91.1 cm³/mol. The Kier molecular flexibility index (Phi) is 6.26. The first-order valence-corrected chi connectivity index (χ1v) is 8.19. The van der Waals surface area contributed by atoms with Crippen molar-refractivity contribution in [2.45, 2.75) is 39.0 Å². The van der Waals surface area contributed by atoms with Crippen molar-refractivity contribution in [1.82, 2.24) is 5.32 Å². The second-order valence-electron chi connectivity index (χ2n) is 5.62. The molecule has 1 aliphatic heterocycles. The summed E-state index contributed by atoms with van der Waals surface area (Å²) in [5.41, 5.74) is 1.40. The Morgan fingerprint density at radius 2 is 2.17 bits per heavy atom. The Morgan fingerprint density at radius 1 is 1.35 bits per heavy atom. The molecule has 3 amide bonds. The Morgan fingerprint density at radius 3 is 2.83 bits per heavy atom. The van der Waals surface area contributed by atoms with E-state index >= 15 is 0 Å². The van der Waals surface area contributed by atoms with Gasteiger partial charge in [-0.1, -0.05) is 19.8 Å². The summed E-state index contributed by atoms with van der Waals surface area (Å²) in [6, 6.07) is 5.12. The molecule has 23 heavy (non-hydrogen) atoms. The van der Waals surface area contributed by atoms with Crippen molar-refractivity contribution in [3.8, 4) is 5.75 Å². The Bertz CT molecular complexity index is 560. The van der Waals surface area contributed by atoms with Gasteiger partial charge in [0, 0.05) is 31.3 Å². The van der Waals surface area contributed by atoms with Crippen molar-refractivity contribution in [1.29, 1.82) is 0 Å². The van der Waals surface area contributed by atoms with Crippen LogP contribution in [0.2, 0.25) is 0 Å². The number of ether oxygens (including phenoxy) is 1. The number of benzene rings is 1. The van der Waals surface area contributed by atoms with Gasteiger partial charge in [-0.15, -0.1) is 0 Å². The van der Waals surface area contributed by atoms with E-state index in [0.29, 0.717) is 30.9 Å². The van der Waals surface area contributed by atoms with Gasteiger partial charge in [0.15, 0.2) is 0 Å². The molecule has 6 heteroatoms. The highest BCUT2D eigenvalue weighted by atomic mass is 16.5. The maximum Gasteiger partial charge on any atom is 0.319 e. The summed E-state index contributed by atoms with van der Waals surface area (Å²) in [7, 11) is 1.56. The lowest BCUT2D eigenvalue weighted by molar-refractivity contribution is -0.117. The zero-order valence-electron chi connectivity index (χ0n) is 13.9.